The van der Waals surface area contributed by atoms with Gasteiger partial charge in [0.15, 0.2) is 6.10 Å². The number of likely N-dealkylation sites (N-methyl/N-ethyl adjacent to an activating group) is 2. The third kappa shape index (κ3) is 3.72. The van der Waals surface area contributed by atoms with Gasteiger partial charge in [-0.05, 0) is 29.1 Å². The molecule has 0 aliphatic carbocycles. The van der Waals surface area contributed by atoms with E-state index in [1.807, 2.05) is 17.5 Å². The molecule has 3 rings (SSSR count). The molecule has 2 heterocycles. The van der Waals surface area contributed by atoms with Crippen molar-refractivity contribution in [3.63, 3.8) is 0 Å². The topological polar surface area (TPSA) is 49.9 Å². The van der Waals surface area contributed by atoms with Crippen LogP contribution in [0.4, 0.5) is 4.39 Å². The summed E-state index contributed by atoms with van der Waals surface area (Å²) < 4.78 is 18.8. The van der Waals surface area contributed by atoms with Crippen LogP contribution in [0.5, 0.6) is 0 Å². The molecule has 2 amide bonds. The van der Waals surface area contributed by atoms with Crippen LogP contribution in [0.3, 0.4) is 0 Å². The Morgan fingerprint density at radius 1 is 1.36 bits per heavy atom. The molecule has 1 aromatic carbocycles. The Morgan fingerprint density at radius 3 is 2.72 bits per heavy atom. The van der Waals surface area contributed by atoms with Gasteiger partial charge in [0.1, 0.15) is 12.4 Å². The molecular formula is C18H19FN2O3S. The van der Waals surface area contributed by atoms with Crippen LogP contribution >= 0.6 is 11.3 Å². The van der Waals surface area contributed by atoms with Crippen molar-refractivity contribution in [3.05, 3.63) is 58.0 Å². The Labute approximate surface area is 149 Å². The predicted molar refractivity (Wildman–Crippen MR) is 92.4 cm³/mol. The van der Waals surface area contributed by atoms with Gasteiger partial charge in [-0.15, -0.1) is 11.3 Å². The molecular weight excluding hydrogens is 343 g/mol. The van der Waals surface area contributed by atoms with E-state index in [4.69, 9.17) is 4.74 Å². The zero-order valence-corrected chi connectivity index (χ0v) is 14.8. The number of rotatable bonds is 4. The maximum Gasteiger partial charge on any atom is 0.254 e. The smallest absolute Gasteiger partial charge is 0.254 e. The highest BCUT2D eigenvalue weighted by Crippen LogP contribution is 2.30. The fourth-order valence-corrected chi connectivity index (χ4v) is 3.67. The van der Waals surface area contributed by atoms with Gasteiger partial charge >= 0.3 is 0 Å². The SMILES string of the molecule is CN(Cc1cccs1)C(=O)[C@H]1OCC(=O)N(C)[C@@H]1c1ccc(F)cc1. The minimum atomic E-state index is -0.821. The second kappa shape index (κ2) is 7.33. The lowest BCUT2D eigenvalue weighted by Crippen LogP contribution is -2.53. The van der Waals surface area contributed by atoms with Gasteiger partial charge < -0.3 is 14.5 Å². The number of hydrogen-bond acceptors (Lipinski definition) is 4. The van der Waals surface area contributed by atoms with E-state index in [9.17, 15) is 14.0 Å². The quantitative estimate of drug-likeness (QED) is 0.839. The third-order valence-corrected chi connectivity index (χ3v) is 5.15. The minimum absolute atomic E-state index is 0.141. The van der Waals surface area contributed by atoms with Gasteiger partial charge in [-0.2, -0.15) is 0 Å². The number of carbonyl (C=O) groups excluding carboxylic acids is 2. The van der Waals surface area contributed by atoms with Gasteiger partial charge in [0.05, 0.1) is 12.6 Å². The van der Waals surface area contributed by atoms with Crippen molar-refractivity contribution in [2.45, 2.75) is 18.7 Å². The lowest BCUT2D eigenvalue weighted by atomic mass is 9.97. The van der Waals surface area contributed by atoms with Crippen LogP contribution in [-0.2, 0) is 20.9 Å². The van der Waals surface area contributed by atoms with Gasteiger partial charge in [-0.1, -0.05) is 18.2 Å². The van der Waals surface area contributed by atoms with Crippen LogP contribution in [0.1, 0.15) is 16.5 Å². The highest BCUT2D eigenvalue weighted by molar-refractivity contribution is 7.09. The highest BCUT2D eigenvalue weighted by Gasteiger charge is 2.41. The van der Waals surface area contributed by atoms with E-state index in [2.05, 4.69) is 0 Å². The van der Waals surface area contributed by atoms with E-state index in [0.29, 0.717) is 12.1 Å². The Kier molecular flexibility index (Phi) is 5.15. The summed E-state index contributed by atoms with van der Waals surface area (Å²) in [5.74, 6) is -0.784. The second-order valence-corrected chi connectivity index (χ2v) is 7.04. The number of amides is 2. The number of morpholine rings is 1. The number of nitrogens with zero attached hydrogens (tertiary/aromatic N) is 2. The van der Waals surface area contributed by atoms with Gasteiger partial charge in [-0.25, -0.2) is 4.39 Å². The van der Waals surface area contributed by atoms with E-state index >= 15 is 0 Å². The molecule has 25 heavy (non-hydrogen) atoms. The first-order chi connectivity index (χ1) is 12.0. The molecule has 0 bridgehead atoms. The molecule has 1 saturated heterocycles. The van der Waals surface area contributed by atoms with Crippen molar-refractivity contribution >= 4 is 23.2 Å². The number of hydrogen-bond donors (Lipinski definition) is 0. The summed E-state index contributed by atoms with van der Waals surface area (Å²) in [5, 5.41) is 1.96. The number of carbonyl (C=O) groups is 2. The van der Waals surface area contributed by atoms with Crippen molar-refractivity contribution in [3.8, 4) is 0 Å². The fourth-order valence-electron chi connectivity index (χ4n) is 2.91. The maximum absolute atomic E-state index is 13.2. The van der Waals surface area contributed by atoms with E-state index in [1.165, 1.54) is 17.0 Å². The first-order valence-corrected chi connectivity index (χ1v) is 8.75. The lowest BCUT2D eigenvalue weighted by molar-refractivity contribution is -0.167. The molecule has 0 saturated carbocycles. The van der Waals surface area contributed by atoms with Crippen LogP contribution in [-0.4, -0.2) is 48.4 Å². The molecule has 5 nitrogen and oxygen atoms in total. The summed E-state index contributed by atoms with van der Waals surface area (Å²) in [5.41, 5.74) is 0.667. The molecule has 1 aliphatic heterocycles. The molecule has 2 aromatic rings. The number of benzene rings is 1. The van der Waals surface area contributed by atoms with E-state index < -0.39 is 12.1 Å². The second-order valence-electron chi connectivity index (χ2n) is 6.01. The van der Waals surface area contributed by atoms with Crippen molar-refractivity contribution in [2.75, 3.05) is 20.7 Å². The van der Waals surface area contributed by atoms with Crippen LogP contribution < -0.4 is 0 Å². The first kappa shape index (κ1) is 17.6. The van der Waals surface area contributed by atoms with E-state index in [1.54, 1.807) is 42.5 Å². The van der Waals surface area contributed by atoms with Crippen LogP contribution in [0, 0.1) is 5.82 Å². The first-order valence-electron chi connectivity index (χ1n) is 7.87. The maximum atomic E-state index is 13.2. The van der Waals surface area contributed by atoms with Gasteiger partial charge in [0, 0.05) is 19.0 Å². The zero-order valence-electron chi connectivity index (χ0n) is 14.0. The van der Waals surface area contributed by atoms with Gasteiger partial charge in [0.25, 0.3) is 5.91 Å². The van der Waals surface area contributed by atoms with Crippen molar-refractivity contribution in [1.82, 2.24) is 9.80 Å². The predicted octanol–water partition coefficient (Wildman–Crippen LogP) is 2.44. The van der Waals surface area contributed by atoms with Crippen LogP contribution in [0.15, 0.2) is 41.8 Å². The average Bonchev–Trinajstić information content (AvgIpc) is 3.10. The molecule has 0 radical (unpaired) electrons. The van der Waals surface area contributed by atoms with Crippen molar-refractivity contribution < 1.29 is 18.7 Å². The monoisotopic (exact) mass is 362 g/mol. The molecule has 1 aliphatic rings. The minimum Gasteiger partial charge on any atom is -0.356 e. The standard InChI is InChI=1S/C18H19FN2O3S/c1-20(10-14-4-3-9-25-14)18(23)17-16(21(2)15(22)11-24-17)12-5-7-13(19)8-6-12/h3-9,16-17H,10-11H2,1-2H3/t16-,17+/m1/s1. The van der Waals surface area contributed by atoms with Crippen molar-refractivity contribution in [1.29, 1.82) is 0 Å². The summed E-state index contributed by atoms with van der Waals surface area (Å²) in [4.78, 5) is 29.1. The summed E-state index contributed by atoms with van der Waals surface area (Å²) in [6, 6.07) is 9.11. The summed E-state index contributed by atoms with van der Waals surface area (Å²) >= 11 is 1.57. The Balaban J connectivity index is 1.84. The largest absolute Gasteiger partial charge is 0.356 e. The lowest BCUT2D eigenvalue weighted by Gasteiger charge is -2.39. The summed E-state index contributed by atoms with van der Waals surface area (Å²) in [6.07, 6.45) is -0.821. The summed E-state index contributed by atoms with van der Waals surface area (Å²) in [7, 11) is 3.35. The zero-order chi connectivity index (χ0) is 18.0. The molecule has 0 N–H and O–H groups in total. The molecule has 0 unspecified atom stereocenters. The van der Waals surface area contributed by atoms with Gasteiger partial charge in [-0.3, -0.25) is 9.59 Å². The highest BCUT2D eigenvalue weighted by atomic mass is 32.1. The van der Waals surface area contributed by atoms with E-state index in [-0.39, 0.29) is 24.2 Å². The van der Waals surface area contributed by atoms with E-state index in [0.717, 1.165) is 4.88 Å². The molecule has 132 valence electrons. The molecule has 1 aromatic heterocycles. The van der Waals surface area contributed by atoms with Crippen LogP contribution in [0.25, 0.3) is 0 Å². The fraction of sp³-hybridized carbons (Fsp3) is 0.333. The number of thiophene rings is 1. The Morgan fingerprint density at radius 2 is 2.08 bits per heavy atom. The normalized spacial score (nSPS) is 20.6. The average molecular weight is 362 g/mol. The Hall–Kier alpha value is -2.25. The number of halogens is 1. The molecule has 2 atom stereocenters. The molecule has 0 spiro atoms. The Bertz CT molecular complexity index is 748. The molecule has 1 fully saturated rings. The van der Waals surface area contributed by atoms with Crippen molar-refractivity contribution in [2.24, 2.45) is 0 Å². The van der Waals surface area contributed by atoms with Crippen LogP contribution in [0.2, 0.25) is 0 Å². The third-order valence-electron chi connectivity index (χ3n) is 4.29. The van der Waals surface area contributed by atoms with Gasteiger partial charge in [0.2, 0.25) is 5.91 Å². The molecule has 7 heteroatoms. The number of ether oxygens (including phenoxy) is 1. The summed E-state index contributed by atoms with van der Waals surface area (Å²) in [6.45, 7) is 0.335.